The highest BCUT2D eigenvalue weighted by molar-refractivity contribution is 6.35. The van der Waals surface area contributed by atoms with Crippen molar-refractivity contribution < 1.29 is 4.79 Å². The molecule has 1 aromatic heterocycles. The van der Waals surface area contributed by atoms with Crippen molar-refractivity contribution in [1.82, 2.24) is 10.3 Å². The van der Waals surface area contributed by atoms with Gasteiger partial charge in [0, 0.05) is 35.4 Å². The SMILES string of the molecule is O=C(CCc1cccnc1)NCc1ccc(Cl)cc1Cl. The van der Waals surface area contributed by atoms with Crippen molar-refractivity contribution in [2.45, 2.75) is 19.4 Å². The Balaban J connectivity index is 1.80. The summed E-state index contributed by atoms with van der Waals surface area (Å²) in [6.07, 6.45) is 4.58. The first-order valence-corrected chi connectivity index (χ1v) is 7.00. The summed E-state index contributed by atoms with van der Waals surface area (Å²) in [6, 6.07) is 9.05. The maximum absolute atomic E-state index is 11.8. The Labute approximate surface area is 127 Å². The number of aryl methyl sites for hydroxylation is 1. The zero-order valence-electron chi connectivity index (χ0n) is 10.8. The van der Waals surface area contributed by atoms with Gasteiger partial charge in [-0.05, 0) is 35.7 Å². The Morgan fingerprint density at radius 2 is 2.10 bits per heavy atom. The fourth-order valence-electron chi connectivity index (χ4n) is 1.75. The second-order valence-electron chi connectivity index (χ2n) is 4.37. The predicted molar refractivity (Wildman–Crippen MR) is 80.9 cm³/mol. The molecule has 3 nitrogen and oxygen atoms in total. The number of aromatic nitrogens is 1. The van der Waals surface area contributed by atoms with E-state index >= 15 is 0 Å². The van der Waals surface area contributed by atoms with Crippen LogP contribution in [0.5, 0.6) is 0 Å². The lowest BCUT2D eigenvalue weighted by Crippen LogP contribution is -2.23. The molecule has 20 heavy (non-hydrogen) atoms. The second kappa shape index (κ2) is 7.27. The van der Waals surface area contributed by atoms with E-state index in [1.807, 2.05) is 18.2 Å². The van der Waals surface area contributed by atoms with Gasteiger partial charge in [-0.3, -0.25) is 9.78 Å². The minimum absolute atomic E-state index is 0.0140. The number of pyridine rings is 1. The van der Waals surface area contributed by atoms with E-state index in [1.54, 1.807) is 24.5 Å². The van der Waals surface area contributed by atoms with Crippen molar-refractivity contribution in [3.05, 3.63) is 63.9 Å². The number of carbonyl (C=O) groups excluding carboxylic acids is 1. The molecular weight excluding hydrogens is 295 g/mol. The van der Waals surface area contributed by atoms with Crippen LogP contribution >= 0.6 is 23.2 Å². The molecule has 0 saturated carbocycles. The molecule has 2 rings (SSSR count). The van der Waals surface area contributed by atoms with Gasteiger partial charge < -0.3 is 5.32 Å². The number of nitrogens with zero attached hydrogens (tertiary/aromatic N) is 1. The highest BCUT2D eigenvalue weighted by Crippen LogP contribution is 2.20. The molecule has 1 heterocycles. The zero-order valence-corrected chi connectivity index (χ0v) is 12.3. The molecule has 1 aromatic carbocycles. The van der Waals surface area contributed by atoms with Gasteiger partial charge in [-0.25, -0.2) is 0 Å². The Hall–Kier alpha value is -1.58. The van der Waals surface area contributed by atoms with Crippen LogP contribution in [0.3, 0.4) is 0 Å². The third-order valence-electron chi connectivity index (χ3n) is 2.85. The van der Waals surface area contributed by atoms with Crippen LogP contribution in [-0.2, 0) is 17.8 Å². The number of nitrogens with one attached hydrogen (secondary N) is 1. The molecule has 1 N–H and O–H groups in total. The number of hydrogen-bond donors (Lipinski definition) is 1. The summed E-state index contributed by atoms with van der Waals surface area (Å²) in [7, 11) is 0. The smallest absolute Gasteiger partial charge is 0.220 e. The van der Waals surface area contributed by atoms with Crippen LogP contribution in [0.2, 0.25) is 10.0 Å². The van der Waals surface area contributed by atoms with Crippen LogP contribution in [-0.4, -0.2) is 10.9 Å². The fourth-order valence-corrected chi connectivity index (χ4v) is 2.23. The van der Waals surface area contributed by atoms with Gasteiger partial charge in [0.05, 0.1) is 0 Å². The summed E-state index contributed by atoms with van der Waals surface area (Å²) in [5, 5.41) is 3.99. The summed E-state index contributed by atoms with van der Waals surface area (Å²) < 4.78 is 0. The average Bonchev–Trinajstić information content (AvgIpc) is 2.45. The molecule has 0 atom stereocenters. The number of amides is 1. The molecule has 1 amide bonds. The van der Waals surface area contributed by atoms with E-state index in [2.05, 4.69) is 10.3 Å². The van der Waals surface area contributed by atoms with Crippen molar-refractivity contribution in [2.24, 2.45) is 0 Å². The van der Waals surface area contributed by atoms with Crippen molar-refractivity contribution in [3.8, 4) is 0 Å². The molecule has 0 radical (unpaired) electrons. The van der Waals surface area contributed by atoms with Crippen molar-refractivity contribution in [3.63, 3.8) is 0 Å². The van der Waals surface area contributed by atoms with Crippen LogP contribution in [0.15, 0.2) is 42.7 Å². The molecule has 0 fully saturated rings. The van der Waals surface area contributed by atoms with E-state index in [1.165, 1.54) is 0 Å². The van der Waals surface area contributed by atoms with Crippen molar-refractivity contribution in [2.75, 3.05) is 0 Å². The Morgan fingerprint density at radius 1 is 1.25 bits per heavy atom. The molecular formula is C15H14Cl2N2O. The summed E-state index contributed by atoms with van der Waals surface area (Å²) in [5.74, 6) is -0.0140. The lowest BCUT2D eigenvalue weighted by molar-refractivity contribution is -0.121. The molecule has 0 aliphatic heterocycles. The Morgan fingerprint density at radius 3 is 2.80 bits per heavy atom. The van der Waals surface area contributed by atoms with Crippen molar-refractivity contribution >= 4 is 29.1 Å². The van der Waals surface area contributed by atoms with Gasteiger partial charge >= 0.3 is 0 Å². The quantitative estimate of drug-likeness (QED) is 0.916. The van der Waals surface area contributed by atoms with E-state index < -0.39 is 0 Å². The molecule has 0 unspecified atom stereocenters. The normalized spacial score (nSPS) is 10.3. The maximum Gasteiger partial charge on any atom is 0.220 e. The number of carbonyl (C=O) groups is 1. The number of hydrogen-bond acceptors (Lipinski definition) is 2. The van der Waals surface area contributed by atoms with Gasteiger partial charge in [0.25, 0.3) is 0 Å². The first-order chi connectivity index (χ1) is 9.65. The standard InChI is InChI=1S/C15H14Cl2N2O/c16-13-5-4-12(14(17)8-13)10-19-15(20)6-3-11-2-1-7-18-9-11/h1-2,4-5,7-9H,3,6,10H2,(H,19,20). The molecule has 0 aliphatic carbocycles. The fraction of sp³-hybridized carbons (Fsp3) is 0.200. The van der Waals surface area contributed by atoms with Gasteiger partial charge in [-0.2, -0.15) is 0 Å². The topological polar surface area (TPSA) is 42.0 Å². The third-order valence-corrected chi connectivity index (χ3v) is 3.44. The van der Waals surface area contributed by atoms with E-state index in [0.717, 1.165) is 11.1 Å². The van der Waals surface area contributed by atoms with Crippen LogP contribution in [0.1, 0.15) is 17.5 Å². The molecule has 2 aromatic rings. The van der Waals surface area contributed by atoms with Gasteiger partial charge in [0.1, 0.15) is 0 Å². The van der Waals surface area contributed by atoms with Gasteiger partial charge in [-0.15, -0.1) is 0 Å². The Kier molecular flexibility index (Phi) is 5.39. The second-order valence-corrected chi connectivity index (χ2v) is 5.22. The van der Waals surface area contributed by atoms with Gasteiger partial charge in [0.15, 0.2) is 0 Å². The lowest BCUT2D eigenvalue weighted by Gasteiger charge is -2.07. The van der Waals surface area contributed by atoms with E-state index in [9.17, 15) is 4.79 Å². The van der Waals surface area contributed by atoms with E-state index in [0.29, 0.717) is 29.4 Å². The van der Waals surface area contributed by atoms with Crippen LogP contribution in [0.25, 0.3) is 0 Å². The molecule has 104 valence electrons. The summed E-state index contributed by atoms with van der Waals surface area (Å²) in [6.45, 7) is 0.405. The molecule has 0 saturated heterocycles. The van der Waals surface area contributed by atoms with Gasteiger partial charge in [0.2, 0.25) is 5.91 Å². The molecule has 0 aliphatic rings. The first kappa shape index (κ1) is 14.8. The van der Waals surface area contributed by atoms with E-state index in [-0.39, 0.29) is 5.91 Å². The molecule has 0 spiro atoms. The minimum Gasteiger partial charge on any atom is -0.352 e. The summed E-state index contributed by atoms with van der Waals surface area (Å²) in [4.78, 5) is 15.8. The third kappa shape index (κ3) is 4.51. The largest absolute Gasteiger partial charge is 0.352 e. The molecule has 5 heteroatoms. The number of halogens is 2. The first-order valence-electron chi connectivity index (χ1n) is 6.24. The Bertz CT molecular complexity index is 588. The summed E-state index contributed by atoms with van der Waals surface area (Å²) >= 11 is 11.9. The van der Waals surface area contributed by atoms with Crippen LogP contribution in [0.4, 0.5) is 0 Å². The van der Waals surface area contributed by atoms with Crippen LogP contribution < -0.4 is 5.32 Å². The monoisotopic (exact) mass is 308 g/mol. The highest BCUT2D eigenvalue weighted by Gasteiger charge is 2.05. The lowest BCUT2D eigenvalue weighted by atomic mass is 10.1. The molecule has 0 bridgehead atoms. The van der Waals surface area contributed by atoms with Crippen molar-refractivity contribution in [1.29, 1.82) is 0 Å². The zero-order chi connectivity index (χ0) is 14.4. The highest BCUT2D eigenvalue weighted by atomic mass is 35.5. The maximum atomic E-state index is 11.8. The average molecular weight is 309 g/mol. The number of benzene rings is 1. The van der Waals surface area contributed by atoms with Crippen LogP contribution in [0, 0.1) is 0 Å². The number of rotatable bonds is 5. The predicted octanol–water partition coefficient (Wildman–Crippen LogP) is 3.64. The van der Waals surface area contributed by atoms with E-state index in [4.69, 9.17) is 23.2 Å². The summed E-state index contributed by atoms with van der Waals surface area (Å²) in [5.41, 5.74) is 1.90. The minimum atomic E-state index is -0.0140. The van der Waals surface area contributed by atoms with Gasteiger partial charge in [-0.1, -0.05) is 35.3 Å².